The maximum atomic E-state index is 12.3. The molecule has 0 spiro atoms. The summed E-state index contributed by atoms with van der Waals surface area (Å²) in [4.78, 5) is 11.7. The van der Waals surface area contributed by atoms with Gasteiger partial charge >= 0.3 is 5.97 Å². The molecule has 0 bridgehead atoms. The molecule has 0 amide bonds. The monoisotopic (exact) mass is 323 g/mol. The van der Waals surface area contributed by atoms with Gasteiger partial charge in [-0.2, -0.15) is 4.31 Å². The van der Waals surface area contributed by atoms with Gasteiger partial charge < -0.3 is 4.74 Å². The molecule has 1 saturated heterocycles. The van der Waals surface area contributed by atoms with Crippen LogP contribution in [0.15, 0.2) is 35.7 Å². The fourth-order valence-corrected chi connectivity index (χ4v) is 3.64. The maximum Gasteiger partial charge on any atom is 0.309 e. The number of carbonyl (C=O) groups is 1. The van der Waals surface area contributed by atoms with Crippen molar-refractivity contribution in [3.63, 3.8) is 0 Å². The third kappa shape index (κ3) is 4.42. The molecule has 1 aromatic carbocycles. The standard InChI is InChI=1S/C16H21NO4S/c1-2-21-16(18)15-8-11-17(12-9-15)22(19,20)13-10-14-6-4-3-5-7-14/h3-7,10,13,15H,2,8-9,11-12H2,1H3. The Bertz CT molecular complexity index is 617. The van der Waals surface area contributed by atoms with Gasteiger partial charge in [0.2, 0.25) is 10.0 Å². The molecule has 1 heterocycles. The van der Waals surface area contributed by atoms with Crippen molar-refractivity contribution in [3.05, 3.63) is 41.3 Å². The fourth-order valence-electron chi connectivity index (χ4n) is 2.42. The normalized spacial score (nSPS) is 17.7. The van der Waals surface area contributed by atoms with Crippen molar-refractivity contribution in [1.82, 2.24) is 4.31 Å². The van der Waals surface area contributed by atoms with Crippen molar-refractivity contribution < 1.29 is 17.9 Å². The van der Waals surface area contributed by atoms with Crippen LogP contribution >= 0.6 is 0 Å². The molecule has 1 aliphatic rings. The lowest BCUT2D eigenvalue weighted by atomic mass is 9.98. The summed E-state index contributed by atoms with van der Waals surface area (Å²) in [6.45, 7) is 2.83. The molecular weight excluding hydrogens is 302 g/mol. The Morgan fingerprint density at radius 3 is 2.50 bits per heavy atom. The third-order valence-corrected chi connectivity index (χ3v) is 5.23. The van der Waals surface area contributed by atoms with Crippen molar-refractivity contribution in [2.75, 3.05) is 19.7 Å². The predicted molar refractivity (Wildman–Crippen MR) is 85.3 cm³/mol. The van der Waals surface area contributed by atoms with Gasteiger partial charge in [0.1, 0.15) is 0 Å². The average molecular weight is 323 g/mol. The van der Waals surface area contributed by atoms with Crippen LogP contribution in [0.5, 0.6) is 0 Å². The zero-order chi connectivity index (χ0) is 16.0. The van der Waals surface area contributed by atoms with E-state index in [9.17, 15) is 13.2 Å². The highest BCUT2D eigenvalue weighted by Crippen LogP contribution is 2.21. The van der Waals surface area contributed by atoms with E-state index in [0.29, 0.717) is 32.5 Å². The number of carbonyl (C=O) groups excluding carboxylic acids is 1. The molecule has 0 unspecified atom stereocenters. The van der Waals surface area contributed by atoms with E-state index in [-0.39, 0.29) is 11.9 Å². The van der Waals surface area contributed by atoms with Crippen LogP contribution in [0.1, 0.15) is 25.3 Å². The first-order valence-electron chi connectivity index (χ1n) is 7.43. The Kier molecular flexibility index (Phi) is 5.74. The van der Waals surface area contributed by atoms with Crippen LogP contribution in [-0.2, 0) is 19.6 Å². The summed E-state index contributed by atoms with van der Waals surface area (Å²) in [5.41, 5.74) is 0.840. The number of sulfonamides is 1. The van der Waals surface area contributed by atoms with Crippen molar-refractivity contribution >= 4 is 22.1 Å². The zero-order valence-electron chi connectivity index (χ0n) is 12.6. The summed E-state index contributed by atoms with van der Waals surface area (Å²) in [7, 11) is -3.44. The second kappa shape index (κ2) is 7.56. The number of ether oxygens (including phenoxy) is 1. The lowest BCUT2D eigenvalue weighted by molar-refractivity contribution is -0.149. The van der Waals surface area contributed by atoms with Gasteiger partial charge in [0.15, 0.2) is 0 Å². The molecule has 0 aromatic heterocycles. The van der Waals surface area contributed by atoms with Gasteiger partial charge in [-0.05, 0) is 31.4 Å². The van der Waals surface area contributed by atoms with E-state index in [1.165, 1.54) is 9.71 Å². The van der Waals surface area contributed by atoms with Gasteiger partial charge in [-0.3, -0.25) is 4.79 Å². The lowest BCUT2D eigenvalue weighted by Crippen LogP contribution is -2.39. The molecule has 120 valence electrons. The zero-order valence-corrected chi connectivity index (χ0v) is 13.5. The number of hydrogen-bond donors (Lipinski definition) is 0. The van der Waals surface area contributed by atoms with Crippen molar-refractivity contribution in [1.29, 1.82) is 0 Å². The highest BCUT2D eigenvalue weighted by Gasteiger charge is 2.30. The number of piperidine rings is 1. The highest BCUT2D eigenvalue weighted by molar-refractivity contribution is 7.92. The number of esters is 1. The van der Waals surface area contributed by atoms with E-state index in [1.807, 2.05) is 30.3 Å². The fraction of sp³-hybridized carbons (Fsp3) is 0.438. The molecule has 0 N–H and O–H groups in total. The van der Waals surface area contributed by atoms with Crippen molar-refractivity contribution in [2.24, 2.45) is 5.92 Å². The van der Waals surface area contributed by atoms with E-state index in [2.05, 4.69) is 0 Å². The maximum absolute atomic E-state index is 12.3. The van der Waals surface area contributed by atoms with E-state index < -0.39 is 10.0 Å². The van der Waals surface area contributed by atoms with Gasteiger partial charge in [0.05, 0.1) is 12.5 Å². The Balaban J connectivity index is 1.95. The van der Waals surface area contributed by atoms with E-state index in [1.54, 1.807) is 13.0 Å². The molecule has 5 nitrogen and oxygen atoms in total. The minimum atomic E-state index is -3.44. The molecule has 0 atom stereocenters. The molecule has 0 radical (unpaired) electrons. The molecule has 22 heavy (non-hydrogen) atoms. The quantitative estimate of drug-likeness (QED) is 0.780. The smallest absolute Gasteiger partial charge is 0.309 e. The number of benzene rings is 1. The first kappa shape index (κ1) is 16.7. The molecule has 0 saturated carbocycles. The summed E-state index contributed by atoms with van der Waals surface area (Å²) < 4.78 is 31.0. The highest BCUT2D eigenvalue weighted by atomic mass is 32.2. The van der Waals surface area contributed by atoms with Crippen molar-refractivity contribution in [2.45, 2.75) is 19.8 Å². The molecule has 2 rings (SSSR count). The predicted octanol–water partition coefficient (Wildman–Crippen LogP) is 2.26. The number of rotatable bonds is 5. The summed E-state index contributed by atoms with van der Waals surface area (Å²) in [5.74, 6) is -0.413. The summed E-state index contributed by atoms with van der Waals surface area (Å²) in [6, 6.07) is 9.29. The topological polar surface area (TPSA) is 63.7 Å². The second-order valence-corrected chi connectivity index (χ2v) is 7.00. The molecule has 1 aromatic rings. The van der Waals surface area contributed by atoms with Gasteiger partial charge in [0, 0.05) is 18.5 Å². The van der Waals surface area contributed by atoms with Gasteiger partial charge in [-0.1, -0.05) is 30.3 Å². The average Bonchev–Trinajstić information content (AvgIpc) is 2.54. The van der Waals surface area contributed by atoms with Crippen LogP contribution in [-0.4, -0.2) is 38.4 Å². The molecule has 0 aliphatic carbocycles. The number of hydrogen-bond acceptors (Lipinski definition) is 4. The minimum absolute atomic E-state index is 0.190. The van der Waals surface area contributed by atoms with Gasteiger partial charge in [-0.15, -0.1) is 0 Å². The third-order valence-electron chi connectivity index (χ3n) is 3.67. The minimum Gasteiger partial charge on any atom is -0.466 e. The van der Waals surface area contributed by atoms with Crippen LogP contribution in [0.2, 0.25) is 0 Å². The molecule has 6 heteroatoms. The van der Waals surface area contributed by atoms with Crippen LogP contribution in [0, 0.1) is 5.92 Å². The SMILES string of the molecule is CCOC(=O)C1CCN(S(=O)(=O)C=Cc2ccccc2)CC1. The van der Waals surface area contributed by atoms with Crippen LogP contribution < -0.4 is 0 Å². The van der Waals surface area contributed by atoms with E-state index >= 15 is 0 Å². The Morgan fingerprint density at radius 2 is 1.91 bits per heavy atom. The van der Waals surface area contributed by atoms with Crippen LogP contribution in [0.25, 0.3) is 6.08 Å². The van der Waals surface area contributed by atoms with Crippen LogP contribution in [0.4, 0.5) is 0 Å². The second-order valence-electron chi connectivity index (χ2n) is 5.18. The summed E-state index contributed by atoms with van der Waals surface area (Å²) >= 11 is 0. The molecular formula is C16H21NO4S. The first-order chi connectivity index (χ1) is 10.5. The Labute approximate surface area is 131 Å². The molecule has 1 fully saturated rings. The summed E-state index contributed by atoms with van der Waals surface area (Å²) in [6.07, 6.45) is 2.61. The van der Waals surface area contributed by atoms with Crippen LogP contribution in [0.3, 0.4) is 0 Å². The van der Waals surface area contributed by atoms with Gasteiger partial charge in [-0.25, -0.2) is 8.42 Å². The number of nitrogens with zero attached hydrogens (tertiary/aromatic N) is 1. The van der Waals surface area contributed by atoms with Crippen molar-refractivity contribution in [3.8, 4) is 0 Å². The lowest BCUT2D eigenvalue weighted by Gasteiger charge is -2.29. The van der Waals surface area contributed by atoms with E-state index in [4.69, 9.17) is 4.74 Å². The Morgan fingerprint density at radius 1 is 1.27 bits per heavy atom. The molecule has 1 aliphatic heterocycles. The summed E-state index contributed by atoms with van der Waals surface area (Å²) in [5, 5.41) is 1.23. The largest absolute Gasteiger partial charge is 0.466 e. The van der Waals surface area contributed by atoms with E-state index in [0.717, 1.165) is 5.56 Å². The first-order valence-corrected chi connectivity index (χ1v) is 8.93. The van der Waals surface area contributed by atoms with Gasteiger partial charge in [0.25, 0.3) is 0 Å². The Hall–Kier alpha value is -1.66.